The number of carbonyl (C=O) groups excluding carboxylic acids is 2. The van der Waals surface area contributed by atoms with E-state index in [1.165, 1.54) is 70.6 Å². The predicted molar refractivity (Wildman–Crippen MR) is 224 cm³/mol. The van der Waals surface area contributed by atoms with E-state index < -0.39 is 99.3 Å². The molecule has 0 spiro atoms. The van der Waals surface area contributed by atoms with Gasteiger partial charge in [-0.25, -0.2) is 0 Å². The molecule has 2 saturated heterocycles. The third kappa shape index (κ3) is 22.4. The molecule has 2 heterocycles. The van der Waals surface area contributed by atoms with Crippen molar-refractivity contribution in [2.45, 2.75) is 223 Å². The lowest BCUT2D eigenvalue weighted by molar-refractivity contribution is -0.332. The van der Waals surface area contributed by atoms with Crippen LogP contribution in [0.1, 0.15) is 155 Å². The van der Waals surface area contributed by atoms with Gasteiger partial charge in [-0.05, 0) is 38.5 Å². The van der Waals surface area contributed by atoms with E-state index in [9.17, 15) is 45.3 Å². The second kappa shape index (κ2) is 33.5. The molecule has 15 heteroatoms. The first-order valence-electron chi connectivity index (χ1n) is 22.9. The fourth-order valence-electron chi connectivity index (χ4n) is 7.08. The molecule has 0 aromatic carbocycles. The third-order valence-corrected chi connectivity index (χ3v) is 10.9. The highest BCUT2D eigenvalue weighted by Crippen LogP contribution is 2.26. The average molecular weight is 861 g/mol. The van der Waals surface area contributed by atoms with Crippen molar-refractivity contribution in [3.8, 4) is 0 Å². The van der Waals surface area contributed by atoms with E-state index in [0.717, 1.165) is 38.5 Å². The van der Waals surface area contributed by atoms with Gasteiger partial charge in [0.1, 0.15) is 55.4 Å². The summed E-state index contributed by atoms with van der Waals surface area (Å²) in [5.41, 5.74) is 0. The molecule has 0 aromatic heterocycles. The molecule has 2 aliphatic rings. The number of esters is 2. The van der Waals surface area contributed by atoms with Crippen LogP contribution < -0.4 is 0 Å². The summed E-state index contributed by atoms with van der Waals surface area (Å²) in [6.07, 6.45) is 14.0. The number of carbonyl (C=O) groups is 2. The number of allylic oxidation sites excluding steroid dienone is 4. The number of aliphatic hydroxyl groups is 7. The lowest BCUT2D eigenvalue weighted by atomic mass is 9.98. The summed E-state index contributed by atoms with van der Waals surface area (Å²) in [6, 6.07) is 0. The van der Waals surface area contributed by atoms with Gasteiger partial charge >= 0.3 is 11.9 Å². The second-order valence-electron chi connectivity index (χ2n) is 16.2. The molecule has 15 nitrogen and oxygen atoms in total. The Bertz CT molecular complexity index is 1150. The number of unbranched alkanes of at least 4 members (excludes halogenated alkanes) is 16. The van der Waals surface area contributed by atoms with Gasteiger partial charge in [0.2, 0.25) is 0 Å². The Balaban J connectivity index is 1.85. The van der Waals surface area contributed by atoms with Crippen LogP contribution in [-0.2, 0) is 38.0 Å². The molecule has 2 aliphatic heterocycles. The summed E-state index contributed by atoms with van der Waals surface area (Å²) in [5.74, 6) is -0.984. The van der Waals surface area contributed by atoms with Gasteiger partial charge in [0.25, 0.3) is 0 Å². The molecule has 0 saturated carbocycles. The van der Waals surface area contributed by atoms with Crippen LogP contribution in [0.3, 0.4) is 0 Å². The Morgan fingerprint density at radius 2 is 1.02 bits per heavy atom. The van der Waals surface area contributed by atoms with E-state index in [0.29, 0.717) is 19.3 Å². The van der Waals surface area contributed by atoms with Crippen LogP contribution in [0.5, 0.6) is 0 Å². The molecular formula is C45H80O15. The van der Waals surface area contributed by atoms with Gasteiger partial charge in [0, 0.05) is 12.8 Å². The molecule has 0 aliphatic carbocycles. The largest absolute Gasteiger partial charge is 0.462 e. The van der Waals surface area contributed by atoms with E-state index in [1.807, 2.05) is 6.08 Å². The van der Waals surface area contributed by atoms with Gasteiger partial charge < -0.3 is 64.2 Å². The molecule has 0 bridgehead atoms. The molecule has 0 amide bonds. The van der Waals surface area contributed by atoms with E-state index in [2.05, 4.69) is 32.1 Å². The zero-order valence-corrected chi connectivity index (χ0v) is 36.4. The number of hydrogen-bond donors (Lipinski definition) is 7. The van der Waals surface area contributed by atoms with Gasteiger partial charge in [-0.3, -0.25) is 9.59 Å². The molecule has 2 rings (SSSR count). The SMILES string of the molecule is CCCCCCCCCCC/C=C/C/C=C/CCCC(=O)O[C@H](COC(=O)CCCCCCCCC)CO[C@H]1O[C@@H](CO[C@H]2O[C@@H](CO)[C@@H](O)C(O)C2O)[C@@H](O)C(O)C1O. The number of hydrogen-bond acceptors (Lipinski definition) is 15. The minimum atomic E-state index is -1.77. The molecule has 4 unspecified atom stereocenters. The summed E-state index contributed by atoms with van der Waals surface area (Å²) in [4.78, 5) is 25.5. The summed E-state index contributed by atoms with van der Waals surface area (Å²) in [5, 5.41) is 71.7. The molecule has 11 atom stereocenters. The highest BCUT2D eigenvalue weighted by Gasteiger charge is 2.47. The second-order valence-corrected chi connectivity index (χ2v) is 16.2. The van der Waals surface area contributed by atoms with Crippen LogP contribution in [-0.4, -0.2) is 142 Å². The molecular weight excluding hydrogens is 780 g/mol. The zero-order valence-electron chi connectivity index (χ0n) is 36.4. The van der Waals surface area contributed by atoms with Crippen molar-refractivity contribution in [2.24, 2.45) is 0 Å². The molecule has 350 valence electrons. The van der Waals surface area contributed by atoms with Crippen molar-refractivity contribution in [1.29, 1.82) is 0 Å². The van der Waals surface area contributed by atoms with Crippen LogP contribution >= 0.6 is 0 Å². The topological polar surface area (TPSA) is 231 Å². The Morgan fingerprint density at radius 1 is 0.533 bits per heavy atom. The van der Waals surface area contributed by atoms with Crippen molar-refractivity contribution in [2.75, 3.05) is 26.4 Å². The predicted octanol–water partition coefficient (Wildman–Crippen LogP) is 4.82. The summed E-state index contributed by atoms with van der Waals surface area (Å²) >= 11 is 0. The van der Waals surface area contributed by atoms with Gasteiger partial charge in [0.15, 0.2) is 18.7 Å². The van der Waals surface area contributed by atoms with Crippen LogP contribution in [0.4, 0.5) is 0 Å². The van der Waals surface area contributed by atoms with Gasteiger partial charge in [-0.1, -0.05) is 128 Å². The molecule has 0 radical (unpaired) electrons. The smallest absolute Gasteiger partial charge is 0.306 e. The minimum absolute atomic E-state index is 0.103. The fraction of sp³-hybridized carbons (Fsp3) is 0.867. The normalized spacial score (nSPS) is 27.8. The van der Waals surface area contributed by atoms with E-state index >= 15 is 0 Å². The van der Waals surface area contributed by atoms with Crippen molar-refractivity contribution in [3.05, 3.63) is 24.3 Å². The third-order valence-electron chi connectivity index (χ3n) is 10.9. The fourth-order valence-corrected chi connectivity index (χ4v) is 7.08. The first-order valence-corrected chi connectivity index (χ1v) is 22.9. The maximum Gasteiger partial charge on any atom is 0.306 e. The van der Waals surface area contributed by atoms with Crippen molar-refractivity contribution in [1.82, 2.24) is 0 Å². The van der Waals surface area contributed by atoms with E-state index in [1.54, 1.807) is 0 Å². The average Bonchev–Trinajstić information content (AvgIpc) is 3.24. The quantitative estimate of drug-likeness (QED) is 0.0261. The Labute approximate surface area is 358 Å². The van der Waals surface area contributed by atoms with Crippen molar-refractivity contribution >= 4 is 11.9 Å². The highest BCUT2D eigenvalue weighted by atomic mass is 16.7. The summed E-state index contributed by atoms with van der Waals surface area (Å²) < 4.78 is 33.3. The number of aliphatic hydroxyl groups excluding tert-OH is 7. The molecule has 7 N–H and O–H groups in total. The number of rotatable bonds is 34. The maximum absolute atomic E-state index is 12.9. The van der Waals surface area contributed by atoms with Gasteiger partial charge in [-0.15, -0.1) is 0 Å². The van der Waals surface area contributed by atoms with Crippen molar-refractivity contribution < 1.29 is 73.8 Å². The standard InChI is InChI=1S/C45H80O15/c1-3-5-7-9-11-12-13-14-15-16-17-18-19-20-22-24-26-28-37(48)58-33(30-55-36(47)27-25-23-21-10-8-6-4-2)31-56-44-43(54)41(52)39(50)35(60-44)32-57-45-42(53)40(51)38(49)34(29-46)59-45/h17-18,20,22,33-35,38-46,49-54H,3-16,19,21,23-32H2,1-2H3/b18-17+,22-20+/t33-,34+,35+,38-,39-,40?,41?,42?,43?,44+,45+/m1/s1. The molecule has 60 heavy (non-hydrogen) atoms. The lowest BCUT2D eigenvalue weighted by Crippen LogP contribution is -2.61. The number of ether oxygens (including phenoxy) is 6. The van der Waals surface area contributed by atoms with Gasteiger partial charge in [-0.2, -0.15) is 0 Å². The maximum atomic E-state index is 12.9. The van der Waals surface area contributed by atoms with Crippen LogP contribution in [0.15, 0.2) is 24.3 Å². The highest BCUT2D eigenvalue weighted by molar-refractivity contribution is 5.70. The zero-order chi connectivity index (χ0) is 44.0. The summed E-state index contributed by atoms with van der Waals surface area (Å²) in [6.45, 7) is 2.47. The monoisotopic (exact) mass is 861 g/mol. The van der Waals surface area contributed by atoms with Crippen LogP contribution in [0.2, 0.25) is 0 Å². The Kier molecular flexibility index (Phi) is 30.2. The van der Waals surface area contributed by atoms with Gasteiger partial charge in [0.05, 0.1) is 19.8 Å². The molecule has 2 fully saturated rings. The van der Waals surface area contributed by atoms with Crippen LogP contribution in [0, 0.1) is 0 Å². The summed E-state index contributed by atoms with van der Waals surface area (Å²) in [7, 11) is 0. The van der Waals surface area contributed by atoms with Crippen LogP contribution in [0.25, 0.3) is 0 Å². The Morgan fingerprint density at radius 3 is 1.60 bits per heavy atom. The minimum Gasteiger partial charge on any atom is -0.462 e. The first-order chi connectivity index (χ1) is 29.0. The van der Waals surface area contributed by atoms with Crippen molar-refractivity contribution in [3.63, 3.8) is 0 Å². The Hall–Kier alpha value is -2.02. The lowest BCUT2D eigenvalue weighted by Gasteiger charge is -2.42. The first kappa shape index (κ1) is 54.1. The molecule has 0 aromatic rings. The van der Waals surface area contributed by atoms with E-state index in [4.69, 9.17) is 28.4 Å². The van der Waals surface area contributed by atoms with E-state index in [-0.39, 0.29) is 19.4 Å².